The van der Waals surface area contributed by atoms with Crippen LogP contribution in [-0.4, -0.2) is 42.2 Å². The molecule has 1 unspecified atom stereocenters. The number of carbonyl (C=O) groups excluding carboxylic acids is 1. The minimum atomic E-state index is -0.121. The number of ketones is 1. The summed E-state index contributed by atoms with van der Waals surface area (Å²) < 4.78 is 0. The fraction of sp³-hybridized carbons (Fsp3) is 0.425. The van der Waals surface area contributed by atoms with E-state index in [0.29, 0.717) is 29.3 Å². The van der Waals surface area contributed by atoms with Gasteiger partial charge in [0.05, 0.1) is 11.4 Å². The minimum absolute atomic E-state index is 0.121. The second-order valence-corrected chi connectivity index (χ2v) is 12.3. The number of carbonyl (C=O) groups is 1. The molecule has 1 saturated heterocycles. The molecule has 0 amide bonds. The third-order valence-electron chi connectivity index (χ3n) is 9.19. The summed E-state index contributed by atoms with van der Waals surface area (Å²) in [5.74, 6) is 1.41. The molecule has 0 aromatic heterocycles. The molecule has 0 radical (unpaired) electrons. The molecule has 0 aromatic rings. The monoisotopic (exact) mass is 591 g/mol. The maximum absolute atomic E-state index is 13.0. The van der Waals surface area contributed by atoms with E-state index < -0.39 is 0 Å². The Morgan fingerprint density at radius 1 is 1.16 bits per heavy atom. The molecule has 0 aromatic carbocycles. The highest BCUT2D eigenvalue weighted by Gasteiger charge is 2.26. The van der Waals surface area contributed by atoms with Crippen LogP contribution in [0.3, 0.4) is 0 Å². The van der Waals surface area contributed by atoms with Crippen molar-refractivity contribution in [2.45, 2.75) is 79.1 Å². The molecule has 1 aliphatic carbocycles. The molecule has 1 atom stereocenters. The Balaban J connectivity index is 1.88. The highest BCUT2D eigenvalue weighted by molar-refractivity contribution is 6.20. The molecule has 4 heteroatoms. The van der Waals surface area contributed by atoms with E-state index >= 15 is 0 Å². The second kappa shape index (κ2) is 16.9. The topological polar surface area (TPSA) is 45.0 Å². The maximum Gasteiger partial charge on any atom is 0.183 e. The summed E-state index contributed by atoms with van der Waals surface area (Å²) >= 11 is 0. The van der Waals surface area contributed by atoms with Crippen molar-refractivity contribution in [3.8, 4) is 0 Å². The lowest BCUT2D eigenvalue weighted by molar-refractivity contribution is -0.111. The van der Waals surface area contributed by atoms with Crippen LogP contribution in [0.1, 0.15) is 79.1 Å². The largest absolute Gasteiger partial charge is 0.371 e. The normalized spacial score (nSPS) is 22.0. The van der Waals surface area contributed by atoms with Crippen LogP contribution in [0.4, 0.5) is 0 Å². The van der Waals surface area contributed by atoms with Gasteiger partial charge in [0.15, 0.2) is 5.78 Å². The molecule has 3 rings (SSSR count). The first-order valence-corrected chi connectivity index (χ1v) is 16.2. The van der Waals surface area contributed by atoms with E-state index in [1.54, 1.807) is 13.1 Å². The van der Waals surface area contributed by atoms with E-state index in [2.05, 4.69) is 75.2 Å². The highest BCUT2D eigenvalue weighted by atomic mass is 16.1. The zero-order valence-electron chi connectivity index (χ0n) is 27.9. The fourth-order valence-electron chi connectivity index (χ4n) is 5.82. The van der Waals surface area contributed by atoms with Gasteiger partial charge in [0.1, 0.15) is 0 Å². The standard InChI is InChI=1S/C40H53N3O/c1-10-28(4)16-17-31(7)37(29(5)11-2)26-38(41-9)39-27-40(44)32(8)24-35(42-39)18-19-36(12-3)43-22-20-30(6)34(21-23-43)25-33-14-13-15-33/h10,12,16-19,26-27,33-34H,1,5-6,8,11,13-15,20-25H2,2-4,7,9H3/b19-18-,28-16-,31-17-,36-12+,37-26-,41-38+. The zero-order chi connectivity index (χ0) is 32.2. The van der Waals surface area contributed by atoms with Crippen LogP contribution in [0.2, 0.25) is 0 Å². The van der Waals surface area contributed by atoms with Gasteiger partial charge in [-0.05, 0) is 98.8 Å². The summed E-state index contributed by atoms with van der Waals surface area (Å²) in [7, 11) is 1.73. The summed E-state index contributed by atoms with van der Waals surface area (Å²) in [6.45, 7) is 26.9. The van der Waals surface area contributed by atoms with Gasteiger partial charge in [0, 0.05) is 44.0 Å². The van der Waals surface area contributed by atoms with Crippen LogP contribution in [0.25, 0.3) is 0 Å². The molecule has 4 nitrogen and oxygen atoms in total. The Morgan fingerprint density at radius 3 is 2.52 bits per heavy atom. The molecule has 0 N–H and O–H groups in total. The van der Waals surface area contributed by atoms with Crippen molar-refractivity contribution in [2.24, 2.45) is 21.8 Å². The molecule has 2 heterocycles. The van der Waals surface area contributed by atoms with Gasteiger partial charge in [-0.3, -0.25) is 14.8 Å². The molecular weight excluding hydrogens is 538 g/mol. The molecule has 0 bridgehead atoms. The van der Waals surface area contributed by atoms with Gasteiger partial charge in [0.25, 0.3) is 0 Å². The van der Waals surface area contributed by atoms with Crippen molar-refractivity contribution >= 4 is 17.2 Å². The molecule has 2 fully saturated rings. The van der Waals surface area contributed by atoms with Crippen molar-refractivity contribution in [3.63, 3.8) is 0 Å². The third kappa shape index (κ3) is 9.61. The summed E-state index contributed by atoms with van der Waals surface area (Å²) in [4.78, 5) is 25.0. The Labute approximate surface area is 267 Å². The van der Waals surface area contributed by atoms with Crippen LogP contribution in [0, 0.1) is 11.8 Å². The van der Waals surface area contributed by atoms with Gasteiger partial charge < -0.3 is 4.90 Å². The highest BCUT2D eigenvalue weighted by Crippen LogP contribution is 2.37. The van der Waals surface area contributed by atoms with Gasteiger partial charge in [-0.2, -0.15) is 0 Å². The van der Waals surface area contributed by atoms with Gasteiger partial charge in [-0.1, -0.05) is 88.0 Å². The lowest BCUT2D eigenvalue weighted by atomic mass is 9.76. The van der Waals surface area contributed by atoms with Crippen LogP contribution in [0.15, 0.2) is 130 Å². The van der Waals surface area contributed by atoms with E-state index in [0.717, 1.165) is 66.3 Å². The third-order valence-corrected chi connectivity index (χ3v) is 9.19. The molecular formula is C40H53N3O. The van der Waals surface area contributed by atoms with E-state index in [1.165, 1.54) is 37.0 Å². The number of hydrogen-bond donors (Lipinski definition) is 0. The van der Waals surface area contributed by atoms with Crippen molar-refractivity contribution in [1.82, 2.24) is 4.90 Å². The molecule has 1 saturated carbocycles. The van der Waals surface area contributed by atoms with E-state index in [9.17, 15) is 4.79 Å². The Bertz CT molecular complexity index is 1400. The van der Waals surface area contributed by atoms with Gasteiger partial charge in [-0.25, -0.2) is 0 Å². The van der Waals surface area contributed by atoms with Crippen molar-refractivity contribution in [2.75, 3.05) is 20.1 Å². The van der Waals surface area contributed by atoms with Crippen LogP contribution >= 0.6 is 0 Å². The Hall–Kier alpha value is -3.79. The predicted molar refractivity (Wildman–Crippen MR) is 191 cm³/mol. The smallest absolute Gasteiger partial charge is 0.183 e. The molecule has 44 heavy (non-hydrogen) atoms. The Morgan fingerprint density at radius 2 is 1.91 bits per heavy atom. The number of allylic oxidation sites excluding steroid dienone is 13. The lowest BCUT2D eigenvalue weighted by Gasteiger charge is -2.30. The predicted octanol–water partition coefficient (Wildman–Crippen LogP) is 9.80. The summed E-state index contributed by atoms with van der Waals surface area (Å²) in [5, 5.41) is 0. The average molecular weight is 592 g/mol. The molecule has 0 spiro atoms. The van der Waals surface area contributed by atoms with Gasteiger partial charge in [-0.15, -0.1) is 0 Å². The quantitative estimate of drug-likeness (QED) is 0.0981. The van der Waals surface area contributed by atoms with Gasteiger partial charge in [0.2, 0.25) is 0 Å². The maximum atomic E-state index is 13.0. The van der Waals surface area contributed by atoms with Crippen molar-refractivity contribution in [3.05, 3.63) is 120 Å². The van der Waals surface area contributed by atoms with Gasteiger partial charge >= 0.3 is 0 Å². The lowest BCUT2D eigenvalue weighted by Crippen LogP contribution is -2.24. The molecule has 3 aliphatic rings. The van der Waals surface area contributed by atoms with Crippen LogP contribution in [-0.2, 0) is 4.79 Å². The fourth-order valence-corrected chi connectivity index (χ4v) is 5.82. The first-order valence-electron chi connectivity index (χ1n) is 16.2. The number of nitrogens with zero attached hydrogens (tertiary/aromatic N) is 3. The van der Waals surface area contributed by atoms with E-state index in [-0.39, 0.29) is 5.78 Å². The number of likely N-dealkylation sites (tertiary alicyclic amines) is 1. The minimum Gasteiger partial charge on any atom is -0.371 e. The zero-order valence-corrected chi connectivity index (χ0v) is 27.9. The first kappa shape index (κ1) is 34.7. The summed E-state index contributed by atoms with van der Waals surface area (Å²) in [6.07, 6.45) is 24.7. The number of aliphatic imine (C=N–C) groups is 2. The number of hydrogen-bond acceptors (Lipinski definition) is 4. The van der Waals surface area contributed by atoms with Crippen LogP contribution < -0.4 is 0 Å². The van der Waals surface area contributed by atoms with Crippen molar-refractivity contribution < 1.29 is 4.79 Å². The number of rotatable bonds is 12. The summed E-state index contributed by atoms with van der Waals surface area (Å²) in [5.41, 5.74) is 9.18. The average Bonchev–Trinajstić information content (AvgIpc) is 3.26. The second-order valence-electron chi connectivity index (χ2n) is 12.3. The SMILES string of the molecule is C=C\C(C)=C/C=C(C)\C(=C/C(=N\C)C1=CC(=O)C(=C)CC(/C=C\C(=C/C)N2CCC(=C)C(CC3CCC3)CC2)=N1)C(=C)CC. The molecule has 234 valence electrons. The van der Waals surface area contributed by atoms with Crippen LogP contribution in [0.5, 0.6) is 0 Å². The Kier molecular flexibility index (Phi) is 13.3. The van der Waals surface area contributed by atoms with Crippen molar-refractivity contribution in [1.29, 1.82) is 0 Å². The van der Waals surface area contributed by atoms with E-state index in [1.807, 2.05) is 31.2 Å². The molecule has 2 aliphatic heterocycles. The van der Waals surface area contributed by atoms with E-state index in [4.69, 9.17) is 4.99 Å². The first-order chi connectivity index (χ1) is 21.1. The summed E-state index contributed by atoms with van der Waals surface area (Å²) in [6, 6.07) is 0.